The molecule has 0 aliphatic heterocycles. The SMILES string of the molecule is CCOC(=O)C=Cc1ccc2c(=O)[nH]cnc2c1. The Morgan fingerprint density at radius 1 is 1.50 bits per heavy atom. The molecule has 0 fully saturated rings. The Balaban J connectivity index is 2.31. The van der Waals surface area contributed by atoms with Crippen molar-refractivity contribution >= 4 is 22.9 Å². The number of ether oxygens (including phenoxy) is 1. The van der Waals surface area contributed by atoms with Gasteiger partial charge in [0.05, 0.1) is 23.8 Å². The molecule has 5 heteroatoms. The third-order valence-electron chi connectivity index (χ3n) is 2.36. The average Bonchev–Trinajstić information content (AvgIpc) is 2.37. The van der Waals surface area contributed by atoms with Crippen LogP contribution in [0.3, 0.4) is 0 Å². The van der Waals surface area contributed by atoms with Crippen LogP contribution in [0.4, 0.5) is 0 Å². The van der Waals surface area contributed by atoms with Crippen molar-refractivity contribution < 1.29 is 9.53 Å². The Morgan fingerprint density at radius 2 is 2.33 bits per heavy atom. The zero-order valence-electron chi connectivity index (χ0n) is 9.84. The fourth-order valence-corrected chi connectivity index (χ4v) is 1.54. The minimum absolute atomic E-state index is 0.180. The molecule has 0 saturated heterocycles. The van der Waals surface area contributed by atoms with Gasteiger partial charge in [0.2, 0.25) is 0 Å². The number of nitrogens with zero attached hydrogens (tertiary/aromatic N) is 1. The van der Waals surface area contributed by atoms with E-state index in [4.69, 9.17) is 4.74 Å². The summed E-state index contributed by atoms with van der Waals surface area (Å²) >= 11 is 0. The van der Waals surface area contributed by atoms with Crippen LogP contribution in [0.25, 0.3) is 17.0 Å². The second kappa shape index (κ2) is 5.27. The van der Waals surface area contributed by atoms with Crippen LogP contribution in [0.5, 0.6) is 0 Å². The topological polar surface area (TPSA) is 72.1 Å². The van der Waals surface area contributed by atoms with Crippen molar-refractivity contribution in [2.75, 3.05) is 6.61 Å². The average molecular weight is 244 g/mol. The number of nitrogens with one attached hydrogen (secondary N) is 1. The Bertz CT molecular complexity index is 659. The van der Waals surface area contributed by atoms with Gasteiger partial charge in [-0.25, -0.2) is 9.78 Å². The number of H-pyrrole nitrogens is 1. The monoisotopic (exact) mass is 244 g/mol. The zero-order valence-corrected chi connectivity index (χ0v) is 9.84. The number of hydrogen-bond donors (Lipinski definition) is 1. The van der Waals surface area contributed by atoms with Gasteiger partial charge in [0.15, 0.2) is 0 Å². The normalized spacial score (nSPS) is 10.9. The Hall–Kier alpha value is -2.43. The van der Waals surface area contributed by atoms with Crippen LogP contribution in [0.2, 0.25) is 0 Å². The molecule has 0 amide bonds. The fraction of sp³-hybridized carbons (Fsp3) is 0.154. The van der Waals surface area contributed by atoms with E-state index in [2.05, 4.69) is 9.97 Å². The molecule has 0 bridgehead atoms. The van der Waals surface area contributed by atoms with E-state index in [9.17, 15) is 9.59 Å². The van der Waals surface area contributed by atoms with E-state index in [1.165, 1.54) is 12.4 Å². The molecule has 0 unspecified atom stereocenters. The molecule has 0 aliphatic carbocycles. The highest BCUT2D eigenvalue weighted by atomic mass is 16.5. The maximum atomic E-state index is 11.5. The van der Waals surface area contributed by atoms with Crippen molar-refractivity contribution in [1.29, 1.82) is 0 Å². The van der Waals surface area contributed by atoms with Gasteiger partial charge < -0.3 is 9.72 Å². The van der Waals surface area contributed by atoms with Crippen molar-refractivity contribution in [3.63, 3.8) is 0 Å². The van der Waals surface area contributed by atoms with E-state index in [0.29, 0.717) is 17.5 Å². The molecule has 1 aromatic heterocycles. The van der Waals surface area contributed by atoms with Gasteiger partial charge in [-0.3, -0.25) is 4.79 Å². The van der Waals surface area contributed by atoms with Crippen molar-refractivity contribution in [2.45, 2.75) is 6.92 Å². The van der Waals surface area contributed by atoms with E-state index in [1.54, 1.807) is 31.2 Å². The molecule has 0 saturated carbocycles. The quantitative estimate of drug-likeness (QED) is 0.656. The van der Waals surface area contributed by atoms with Gasteiger partial charge in [0.25, 0.3) is 5.56 Å². The van der Waals surface area contributed by atoms with E-state index in [-0.39, 0.29) is 5.56 Å². The largest absolute Gasteiger partial charge is 0.463 e. The Morgan fingerprint density at radius 3 is 3.11 bits per heavy atom. The predicted octanol–water partition coefficient (Wildman–Crippen LogP) is 1.50. The Kier molecular flexibility index (Phi) is 3.52. The first kappa shape index (κ1) is 12.0. The summed E-state index contributed by atoms with van der Waals surface area (Å²) in [7, 11) is 0. The molecule has 0 spiro atoms. The highest BCUT2D eigenvalue weighted by molar-refractivity contribution is 5.88. The maximum absolute atomic E-state index is 11.5. The number of carbonyl (C=O) groups excluding carboxylic acids is 1. The second-order valence-corrected chi connectivity index (χ2v) is 3.59. The molecular formula is C13H12N2O3. The van der Waals surface area contributed by atoms with Crippen LogP contribution in [0, 0.1) is 0 Å². The minimum atomic E-state index is -0.392. The van der Waals surface area contributed by atoms with Crippen molar-refractivity contribution in [2.24, 2.45) is 0 Å². The number of aromatic amines is 1. The lowest BCUT2D eigenvalue weighted by Crippen LogP contribution is -2.05. The van der Waals surface area contributed by atoms with Crippen LogP contribution in [-0.4, -0.2) is 22.5 Å². The van der Waals surface area contributed by atoms with Crippen molar-refractivity contribution in [3.05, 3.63) is 46.5 Å². The molecule has 1 aromatic carbocycles. The number of fused-ring (bicyclic) bond motifs is 1. The van der Waals surface area contributed by atoms with Crippen LogP contribution in [0.15, 0.2) is 35.4 Å². The summed E-state index contributed by atoms with van der Waals surface area (Å²) in [5, 5.41) is 0.519. The van der Waals surface area contributed by atoms with Crippen molar-refractivity contribution in [1.82, 2.24) is 9.97 Å². The lowest BCUT2D eigenvalue weighted by atomic mass is 10.1. The second-order valence-electron chi connectivity index (χ2n) is 3.59. The molecule has 0 radical (unpaired) electrons. The summed E-state index contributed by atoms with van der Waals surface area (Å²) in [6.07, 6.45) is 4.32. The Labute approximate surface area is 103 Å². The van der Waals surface area contributed by atoms with Crippen LogP contribution < -0.4 is 5.56 Å². The third-order valence-corrected chi connectivity index (χ3v) is 2.36. The van der Waals surface area contributed by atoms with Gasteiger partial charge >= 0.3 is 5.97 Å². The summed E-state index contributed by atoms with van der Waals surface area (Å²) in [5.41, 5.74) is 1.19. The van der Waals surface area contributed by atoms with Crippen LogP contribution in [0.1, 0.15) is 12.5 Å². The lowest BCUT2D eigenvalue weighted by Gasteiger charge is -1.98. The third kappa shape index (κ3) is 2.63. The smallest absolute Gasteiger partial charge is 0.330 e. The molecule has 18 heavy (non-hydrogen) atoms. The predicted molar refractivity (Wildman–Crippen MR) is 68.0 cm³/mol. The summed E-state index contributed by atoms with van der Waals surface area (Å²) in [4.78, 5) is 29.2. The molecule has 5 nitrogen and oxygen atoms in total. The zero-order chi connectivity index (χ0) is 13.0. The fourth-order valence-electron chi connectivity index (χ4n) is 1.54. The number of carbonyl (C=O) groups is 1. The highest BCUT2D eigenvalue weighted by Gasteiger charge is 2.00. The molecule has 0 aliphatic rings. The summed E-state index contributed by atoms with van der Waals surface area (Å²) in [6.45, 7) is 2.09. The van der Waals surface area contributed by atoms with E-state index in [1.807, 2.05) is 0 Å². The van der Waals surface area contributed by atoms with Gasteiger partial charge in [0.1, 0.15) is 0 Å². The van der Waals surface area contributed by atoms with Gasteiger partial charge in [-0.15, -0.1) is 0 Å². The molecule has 92 valence electrons. The molecule has 1 N–H and O–H groups in total. The van der Waals surface area contributed by atoms with E-state index >= 15 is 0 Å². The van der Waals surface area contributed by atoms with Gasteiger partial charge in [-0.1, -0.05) is 6.07 Å². The van der Waals surface area contributed by atoms with Crippen molar-refractivity contribution in [3.8, 4) is 0 Å². The van der Waals surface area contributed by atoms with Gasteiger partial charge in [-0.05, 0) is 30.7 Å². The van der Waals surface area contributed by atoms with Gasteiger partial charge in [-0.2, -0.15) is 0 Å². The summed E-state index contributed by atoms with van der Waals surface area (Å²) in [5.74, 6) is -0.392. The van der Waals surface area contributed by atoms with Crippen LogP contribution in [-0.2, 0) is 9.53 Å². The highest BCUT2D eigenvalue weighted by Crippen LogP contribution is 2.10. The summed E-state index contributed by atoms with van der Waals surface area (Å²) in [6, 6.07) is 5.15. The summed E-state index contributed by atoms with van der Waals surface area (Å²) < 4.78 is 4.77. The van der Waals surface area contributed by atoms with Gasteiger partial charge in [0, 0.05) is 6.08 Å². The molecule has 2 rings (SSSR count). The number of rotatable bonds is 3. The lowest BCUT2D eigenvalue weighted by molar-refractivity contribution is -0.137. The molecule has 0 atom stereocenters. The number of hydrogen-bond acceptors (Lipinski definition) is 4. The van der Waals surface area contributed by atoms with Crippen LogP contribution >= 0.6 is 0 Å². The number of esters is 1. The molecule has 2 aromatic rings. The van der Waals surface area contributed by atoms with E-state index < -0.39 is 5.97 Å². The number of benzene rings is 1. The number of aromatic nitrogens is 2. The van der Waals surface area contributed by atoms with E-state index in [0.717, 1.165) is 5.56 Å². The maximum Gasteiger partial charge on any atom is 0.330 e. The molecular weight excluding hydrogens is 232 g/mol. The first-order chi connectivity index (χ1) is 8.70. The minimum Gasteiger partial charge on any atom is -0.463 e. The first-order valence-corrected chi connectivity index (χ1v) is 5.53. The molecule has 1 heterocycles. The standard InChI is InChI=1S/C13H12N2O3/c1-2-18-12(16)6-4-9-3-5-10-11(7-9)14-8-15-13(10)17/h3-8H,2H2,1H3,(H,14,15,17). The first-order valence-electron chi connectivity index (χ1n) is 5.53.